The summed E-state index contributed by atoms with van der Waals surface area (Å²) in [6.45, 7) is 7.82. The molecule has 5 aliphatic rings. The topological polar surface area (TPSA) is 119 Å². The second-order valence-electron chi connectivity index (χ2n) is 14.3. The number of aliphatic carboxylic acids is 1. The van der Waals surface area contributed by atoms with Crippen molar-refractivity contribution in [1.29, 1.82) is 0 Å². The Balaban J connectivity index is 1.34. The van der Waals surface area contributed by atoms with E-state index in [0.717, 1.165) is 49.7 Å². The van der Waals surface area contributed by atoms with Crippen molar-refractivity contribution >= 4 is 23.8 Å². The van der Waals surface area contributed by atoms with Gasteiger partial charge in [0.05, 0.1) is 11.8 Å². The second kappa shape index (κ2) is 11.5. The first-order chi connectivity index (χ1) is 20.9. The van der Waals surface area contributed by atoms with Gasteiger partial charge in [0.1, 0.15) is 11.9 Å². The lowest BCUT2D eigenvalue weighted by Crippen LogP contribution is -2.50. The summed E-state index contributed by atoms with van der Waals surface area (Å²) in [6, 6.07) is 9.64. The molecule has 6 rings (SSSR count). The Morgan fingerprint density at radius 1 is 0.955 bits per heavy atom. The number of hydrogen-bond acceptors (Lipinski definition) is 6. The van der Waals surface area contributed by atoms with Gasteiger partial charge < -0.3 is 19.9 Å². The van der Waals surface area contributed by atoms with Gasteiger partial charge in [-0.3, -0.25) is 19.2 Å². The van der Waals surface area contributed by atoms with Crippen LogP contribution < -0.4 is 5.32 Å². The number of amides is 1. The third-order valence-corrected chi connectivity index (χ3v) is 12.0. The molecule has 9 atom stereocenters. The number of carboxylic acid groups (broad SMARTS) is 1. The molecule has 1 amide bonds. The quantitative estimate of drug-likeness (QED) is 0.304. The summed E-state index contributed by atoms with van der Waals surface area (Å²) in [7, 11) is 0. The van der Waals surface area contributed by atoms with Crippen molar-refractivity contribution in [2.75, 3.05) is 0 Å². The summed E-state index contributed by atoms with van der Waals surface area (Å²) in [4.78, 5) is 50.6. The highest BCUT2D eigenvalue weighted by atomic mass is 16.5. The smallest absolute Gasteiger partial charge is 0.307 e. The molecule has 0 radical (unpaired) electrons. The maximum atomic E-state index is 13.9. The molecule has 8 heteroatoms. The van der Waals surface area contributed by atoms with E-state index in [2.05, 4.69) is 25.2 Å². The zero-order valence-electron chi connectivity index (χ0n) is 26.3. The molecule has 0 spiro atoms. The number of nitrogens with one attached hydrogen (secondary N) is 1. The van der Waals surface area contributed by atoms with Gasteiger partial charge in [-0.05, 0) is 84.2 Å². The first-order valence-electron chi connectivity index (χ1n) is 16.3. The molecule has 0 unspecified atom stereocenters. The van der Waals surface area contributed by atoms with Gasteiger partial charge in [-0.2, -0.15) is 0 Å². The Bertz CT molecular complexity index is 1410. The number of hydrogen-bond donors (Lipinski definition) is 2. The number of esters is 2. The van der Waals surface area contributed by atoms with E-state index in [1.54, 1.807) is 0 Å². The van der Waals surface area contributed by atoms with Crippen LogP contribution in [0.25, 0.3) is 0 Å². The summed E-state index contributed by atoms with van der Waals surface area (Å²) >= 11 is 0. The minimum Gasteiger partial charge on any atom is -0.481 e. The number of fused-ring (bicyclic) bond motifs is 7. The van der Waals surface area contributed by atoms with Crippen molar-refractivity contribution < 1.29 is 33.8 Å². The number of carbonyl (C=O) groups excluding carboxylic acids is 3. The van der Waals surface area contributed by atoms with E-state index < -0.39 is 23.8 Å². The lowest BCUT2D eigenvalue weighted by atomic mass is 9.47. The lowest BCUT2D eigenvalue weighted by molar-refractivity contribution is -0.151. The summed E-state index contributed by atoms with van der Waals surface area (Å²) < 4.78 is 11.4. The zero-order valence-corrected chi connectivity index (χ0v) is 26.3. The van der Waals surface area contributed by atoms with Crippen molar-refractivity contribution in [2.24, 2.45) is 46.3 Å². The van der Waals surface area contributed by atoms with E-state index in [1.165, 1.54) is 19.4 Å². The Hall–Kier alpha value is -3.42. The molecule has 0 aromatic heterocycles. The highest BCUT2D eigenvalue weighted by Crippen LogP contribution is 2.70. The average molecular weight is 604 g/mol. The standard InChI is InChI=1S/C36H45NO7/c1-20(38)43-24-12-14-35(3)23(16-24)10-11-25-28(35)13-15-36(4)29(25)17-26-31(33(40)37-19-22-8-6-5-7-9-22)27(34(41)42)18-30(32(26)36)44-21(2)39/h5-10,24-29,31H,11-19H2,1-4H3,(H,37,40)(H,41,42)/t24-,25+,26+,27-,28-,29-,31+,35-,36-/m0/s1. The van der Waals surface area contributed by atoms with Crippen molar-refractivity contribution in [3.63, 3.8) is 0 Å². The number of rotatable bonds is 6. The molecule has 5 aliphatic carbocycles. The van der Waals surface area contributed by atoms with Crippen LogP contribution in [0, 0.1) is 46.3 Å². The van der Waals surface area contributed by atoms with Crippen LogP contribution in [-0.4, -0.2) is 35.0 Å². The summed E-state index contributed by atoms with van der Waals surface area (Å²) in [5, 5.41) is 13.4. The van der Waals surface area contributed by atoms with E-state index >= 15 is 0 Å². The summed E-state index contributed by atoms with van der Waals surface area (Å²) in [5.41, 5.74) is 3.11. The third-order valence-electron chi connectivity index (χ3n) is 12.0. The van der Waals surface area contributed by atoms with Gasteiger partial charge in [-0.1, -0.05) is 55.8 Å². The minimum atomic E-state index is -1.03. The van der Waals surface area contributed by atoms with E-state index in [1.807, 2.05) is 30.3 Å². The fourth-order valence-corrected chi connectivity index (χ4v) is 10.2. The zero-order chi connectivity index (χ0) is 31.4. The van der Waals surface area contributed by atoms with Crippen LogP contribution in [0.2, 0.25) is 0 Å². The van der Waals surface area contributed by atoms with Crippen LogP contribution in [0.3, 0.4) is 0 Å². The van der Waals surface area contributed by atoms with Gasteiger partial charge in [0.15, 0.2) is 0 Å². The van der Waals surface area contributed by atoms with Crippen LogP contribution in [0.4, 0.5) is 0 Å². The van der Waals surface area contributed by atoms with Crippen LogP contribution in [0.5, 0.6) is 0 Å². The van der Waals surface area contributed by atoms with Gasteiger partial charge in [0, 0.05) is 33.2 Å². The van der Waals surface area contributed by atoms with Gasteiger partial charge in [0.2, 0.25) is 5.91 Å². The molecule has 236 valence electrons. The molecule has 0 aliphatic heterocycles. The summed E-state index contributed by atoms with van der Waals surface area (Å²) in [5.74, 6) is -2.43. The van der Waals surface area contributed by atoms with Gasteiger partial charge in [-0.15, -0.1) is 0 Å². The maximum Gasteiger partial charge on any atom is 0.307 e. The molecule has 3 saturated carbocycles. The van der Waals surface area contributed by atoms with Crippen LogP contribution in [0.1, 0.15) is 84.6 Å². The van der Waals surface area contributed by atoms with E-state index in [0.29, 0.717) is 30.6 Å². The Labute approximate surface area is 259 Å². The molecule has 1 aromatic rings. The SMILES string of the molecule is CC(=O)OC1=C2[C@H](C[C@H]3[C@@H]4CC=C5C[C@@H](OC(C)=O)CC[C@]5(C)[C@H]4CC[C@]23C)[C@@H](C(=O)NCc2ccccc2)[C@@H](C(=O)O)C1. The monoisotopic (exact) mass is 603 g/mol. The van der Waals surface area contributed by atoms with Gasteiger partial charge in [0.25, 0.3) is 0 Å². The molecule has 3 fully saturated rings. The molecule has 44 heavy (non-hydrogen) atoms. The third kappa shape index (κ3) is 5.18. The Morgan fingerprint density at radius 2 is 1.68 bits per heavy atom. The van der Waals surface area contributed by atoms with Gasteiger partial charge >= 0.3 is 17.9 Å². The van der Waals surface area contributed by atoms with Crippen LogP contribution in [-0.2, 0) is 35.2 Å². The van der Waals surface area contributed by atoms with Crippen molar-refractivity contribution in [3.8, 4) is 0 Å². The molecule has 0 saturated heterocycles. The van der Waals surface area contributed by atoms with Crippen molar-refractivity contribution in [1.82, 2.24) is 5.32 Å². The Morgan fingerprint density at radius 3 is 2.36 bits per heavy atom. The van der Waals surface area contributed by atoms with Crippen LogP contribution >= 0.6 is 0 Å². The number of benzene rings is 1. The number of carbonyl (C=O) groups is 4. The predicted octanol–water partition coefficient (Wildman–Crippen LogP) is 5.96. The number of allylic oxidation sites excluding steroid dienone is 3. The predicted molar refractivity (Wildman–Crippen MR) is 162 cm³/mol. The summed E-state index contributed by atoms with van der Waals surface area (Å²) in [6.07, 6.45) is 8.52. The van der Waals surface area contributed by atoms with Crippen molar-refractivity contribution in [2.45, 2.75) is 91.7 Å². The molecule has 0 bridgehead atoms. The Kier molecular flexibility index (Phi) is 8.00. The molecule has 0 heterocycles. The van der Waals surface area contributed by atoms with E-state index in [9.17, 15) is 24.3 Å². The maximum absolute atomic E-state index is 13.9. The number of carboxylic acids is 1. The molecular formula is C36H45NO7. The number of ether oxygens (including phenoxy) is 2. The molecule has 1 aromatic carbocycles. The normalized spacial score (nSPS) is 37.4. The lowest BCUT2D eigenvalue weighted by Gasteiger charge is -2.57. The molecule has 8 nitrogen and oxygen atoms in total. The highest BCUT2D eigenvalue weighted by Gasteiger charge is 2.64. The van der Waals surface area contributed by atoms with E-state index in [4.69, 9.17) is 9.47 Å². The van der Waals surface area contributed by atoms with Gasteiger partial charge in [-0.25, -0.2) is 0 Å². The fourth-order valence-electron chi connectivity index (χ4n) is 10.2. The first-order valence-corrected chi connectivity index (χ1v) is 16.3. The first kappa shape index (κ1) is 30.6. The van der Waals surface area contributed by atoms with Crippen LogP contribution in [0.15, 0.2) is 53.3 Å². The molecular weight excluding hydrogens is 558 g/mol. The van der Waals surface area contributed by atoms with Crippen molar-refractivity contribution in [3.05, 3.63) is 58.9 Å². The minimum absolute atomic E-state index is 0.0256. The fraction of sp³-hybridized carbons (Fsp3) is 0.611. The van der Waals surface area contributed by atoms with E-state index in [-0.39, 0.29) is 47.1 Å². The highest BCUT2D eigenvalue weighted by molar-refractivity contribution is 5.86. The molecule has 2 N–H and O–H groups in total. The largest absolute Gasteiger partial charge is 0.481 e. The average Bonchev–Trinajstić information content (AvgIpc) is 3.29. The second-order valence-corrected chi connectivity index (χ2v) is 14.3.